The number of nitrogens with one attached hydrogen (secondary N) is 1. The minimum atomic E-state index is 0.681. The van der Waals surface area contributed by atoms with Crippen molar-refractivity contribution in [3.63, 3.8) is 0 Å². The van der Waals surface area contributed by atoms with Crippen molar-refractivity contribution >= 4 is 0 Å². The summed E-state index contributed by atoms with van der Waals surface area (Å²) in [6.07, 6.45) is 14.5. The SMILES string of the molecule is CCC1(CN2C3CCCC2CC(NC)C3)CCCC1. The molecule has 3 rings (SSSR count). The number of rotatable bonds is 4. The highest BCUT2D eigenvalue weighted by atomic mass is 15.2. The summed E-state index contributed by atoms with van der Waals surface area (Å²) in [5.74, 6) is 0. The second-order valence-electron chi connectivity index (χ2n) is 7.43. The fraction of sp³-hybridized carbons (Fsp3) is 1.00. The van der Waals surface area contributed by atoms with E-state index in [4.69, 9.17) is 0 Å². The molecule has 19 heavy (non-hydrogen) atoms. The van der Waals surface area contributed by atoms with Gasteiger partial charge in [0.15, 0.2) is 0 Å². The van der Waals surface area contributed by atoms with E-state index in [1.165, 1.54) is 70.8 Å². The molecule has 3 aliphatic rings. The lowest BCUT2D eigenvalue weighted by molar-refractivity contribution is -0.00891. The predicted octanol–water partition coefficient (Wildman–Crippen LogP) is 3.56. The fourth-order valence-electron chi connectivity index (χ4n) is 5.11. The van der Waals surface area contributed by atoms with E-state index < -0.39 is 0 Å². The molecular formula is C17H32N2. The van der Waals surface area contributed by atoms with Gasteiger partial charge in [0.1, 0.15) is 0 Å². The molecule has 0 aromatic rings. The maximum absolute atomic E-state index is 3.54. The Hall–Kier alpha value is -0.0800. The summed E-state index contributed by atoms with van der Waals surface area (Å²) in [7, 11) is 2.15. The molecule has 1 saturated carbocycles. The van der Waals surface area contributed by atoms with E-state index in [0.29, 0.717) is 5.41 Å². The van der Waals surface area contributed by atoms with Crippen molar-refractivity contribution in [3.8, 4) is 0 Å². The van der Waals surface area contributed by atoms with Gasteiger partial charge in [-0.1, -0.05) is 26.2 Å². The van der Waals surface area contributed by atoms with Crippen molar-refractivity contribution in [2.75, 3.05) is 13.6 Å². The first-order valence-corrected chi connectivity index (χ1v) is 8.69. The third kappa shape index (κ3) is 2.71. The quantitative estimate of drug-likeness (QED) is 0.835. The number of hydrogen-bond donors (Lipinski definition) is 1. The summed E-state index contributed by atoms with van der Waals surface area (Å²) in [6.45, 7) is 3.84. The lowest BCUT2D eigenvalue weighted by Crippen LogP contribution is -2.58. The van der Waals surface area contributed by atoms with Gasteiger partial charge in [-0.3, -0.25) is 4.90 Å². The van der Waals surface area contributed by atoms with Crippen LogP contribution in [-0.4, -0.2) is 36.6 Å². The van der Waals surface area contributed by atoms with Gasteiger partial charge in [-0.15, -0.1) is 0 Å². The van der Waals surface area contributed by atoms with Gasteiger partial charge in [0, 0.05) is 24.7 Å². The van der Waals surface area contributed by atoms with Crippen molar-refractivity contribution in [2.24, 2.45) is 5.41 Å². The average Bonchev–Trinajstić information content (AvgIpc) is 2.87. The molecule has 2 saturated heterocycles. The van der Waals surface area contributed by atoms with Crippen LogP contribution in [0.15, 0.2) is 0 Å². The summed E-state index contributed by atoms with van der Waals surface area (Å²) in [6, 6.07) is 2.55. The van der Waals surface area contributed by atoms with Crippen LogP contribution in [0.25, 0.3) is 0 Å². The smallest absolute Gasteiger partial charge is 0.0113 e. The van der Waals surface area contributed by atoms with Crippen LogP contribution < -0.4 is 5.32 Å². The highest BCUT2D eigenvalue weighted by Gasteiger charge is 2.42. The molecular weight excluding hydrogens is 232 g/mol. The van der Waals surface area contributed by atoms with E-state index in [0.717, 1.165) is 18.1 Å². The molecule has 2 nitrogen and oxygen atoms in total. The first-order chi connectivity index (χ1) is 9.26. The topological polar surface area (TPSA) is 15.3 Å². The van der Waals surface area contributed by atoms with Gasteiger partial charge in [-0.05, 0) is 57.4 Å². The third-order valence-corrected chi connectivity index (χ3v) is 6.47. The highest BCUT2D eigenvalue weighted by Crippen LogP contribution is 2.45. The zero-order chi connectivity index (χ0) is 13.3. The molecule has 0 aromatic heterocycles. The van der Waals surface area contributed by atoms with Crippen LogP contribution in [0.4, 0.5) is 0 Å². The summed E-state index contributed by atoms with van der Waals surface area (Å²) < 4.78 is 0. The Morgan fingerprint density at radius 2 is 1.68 bits per heavy atom. The Morgan fingerprint density at radius 3 is 2.21 bits per heavy atom. The lowest BCUT2D eigenvalue weighted by atomic mass is 9.77. The Morgan fingerprint density at radius 1 is 1.05 bits per heavy atom. The molecule has 0 radical (unpaired) electrons. The monoisotopic (exact) mass is 264 g/mol. The van der Waals surface area contributed by atoms with Gasteiger partial charge in [-0.25, -0.2) is 0 Å². The first kappa shape index (κ1) is 13.9. The standard InChI is InChI=1S/C17H32N2/c1-3-17(9-4-5-10-17)13-19-15-7-6-8-16(19)12-14(11-15)18-2/h14-16,18H,3-13H2,1-2H3. The van der Waals surface area contributed by atoms with Gasteiger partial charge in [0.25, 0.3) is 0 Å². The predicted molar refractivity (Wildman–Crippen MR) is 81.4 cm³/mol. The second-order valence-corrected chi connectivity index (χ2v) is 7.43. The van der Waals surface area contributed by atoms with Gasteiger partial charge < -0.3 is 5.32 Å². The van der Waals surface area contributed by atoms with Crippen molar-refractivity contribution in [2.45, 2.75) is 89.3 Å². The minimum absolute atomic E-state index is 0.681. The second kappa shape index (κ2) is 5.73. The Balaban J connectivity index is 1.70. The molecule has 2 heterocycles. The molecule has 110 valence electrons. The Bertz CT molecular complexity index is 282. The molecule has 2 unspecified atom stereocenters. The third-order valence-electron chi connectivity index (χ3n) is 6.47. The molecule has 3 fully saturated rings. The molecule has 2 heteroatoms. The molecule has 1 N–H and O–H groups in total. The normalized spacial score (nSPS) is 38.5. The van der Waals surface area contributed by atoms with Crippen molar-refractivity contribution in [1.29, 1.82) is 0 Å². The Labute approximate surface area is 119 Å². The summed E-state index contributed by atoms with van der Waals surface area (Å²) in [4.78, 5) is 2.95. The van der Waals surface area contributed by atoms with E-state index in [-0.39, 0.29) is 0 Å². The van der Waals surface area contributed by atoms with Crippen LogP contribution in [0.5, 0.6) is 0 Å². The number of piperidine rings is 2. The van der Waals surface area contributed by atoms with Crippen molar-refractivity contribution in [3.05, 3.63) is 0 Å². The number of nitrogens with zero attached hydrogens (tertiary/aromatic N) is 1. The molecule has 0 spiro atoms. The zero-order valence-corrected chi connectivity index (χ0v) is 13.0. The maximum atomic E-state index is 3.54. The first-order valence-electron chi connectivity index (χ1n) is 8.69. The minimum Gasteiger partial charge on any atom is -0.317 e. The van der Waals surface area contributed by atoms with Gasteiger partial charge >= 0.3 is 0 Å². The summed E-state index contributed by atoms with van der Waals surface area (Å²) in [5, 5.41) is 3.54. The number of fused-ring (bicyclic) bond motifs is 2. The summed E-state index contributed by atoms with van der Waals surface area (Å²) >= 11 is 0. The highest BCUT2D eigenvalue weighted by molar-refractivity contribution is 4.98. The molecule has 2 bridgehead atoms. The van der Waals surface area contributed by atoms with Crippen LogP contribution in [0.2, 0.25) is 0 Å². The van der Waals surface area contributed by atoms with Crippen LogP contribution >= 0.6 is 0 Å². The van der Waals surface area contributed by atoms with Crippen LogP contribution in [0.3, 0.4) is 0 Å². The Kier molecular flexibility index (Phi) is 4.19. The molecule has 0 amide bonds. The van der Waals surface area contributed by atoms with Gasteiger partial charge in [0.2, 0.25) is 0 Å². The van der Waals surface area contributed by atoms with Gasteiger partial charge in [0.05, 0.1) is 0 Å². The molecule has 2 aliphatic heterocycles. The van der Waals surface area contributed by atoms with E-state index in [9.17, 15) is 0 Å². The maximum Gasteiger partial charge on any atom is 0.0113 e. The van der Waals surface area contributed by atoms with E-state index in [1.807, 2.05) is 0 Å². The average molecular weight is 264 g/mol. The molecule has 2 atom stereocenters. The largest absolute Gasteiger partial charge is 0.317 e. The summed E-state index contributed by atoms with van der Waals surface area (Å²) in [5.41, 5.74) is 0.681. The van der Waals surface area contributed by atoms with E-state index in [1.54, 1.807) is 0 Å². The van der Waals surface area contributed by atoms with Crippen molar-refractivity contribution < 1.29 is 0 Å². The van der Waals surface area contributed by atoms with E-state index >= 15 is 0 Å². The number of hydrogen-bond acceptors (Lipinski definition) is 2. The van der Waals surface area contributed by atoms with Crippen LogP contribution in [0.1, 0.15) is 71.1 Å². The lowest BCUT2D eigenvalue weighted by Gasteiger charge is -2.51. The van der Waals surface area contributed by atoms with E-state index in [2.05, 4.69) is 24.2 Å². The molecule has 1 aliphatic carbocycles. The van der Waals surface area contributed by atoms with Gasteiger partial charge in [-0.2, -0.15) is 0 Å². The fourth-order valence-corrected chi connectivity index (χ4v) is 5.11. The molecule has 0 aromatic carbocycles. The van der Waals surface area contributed by atoms with Crippen LogP contribution in [0, 0.1) is 5.41 Å². The zero-order valence-electron chi connectivity index (χ0n) is 13.0. The van der Waals surface area contributed by atoms with Crippen molar-refractivity contribution in [1.82, 2.24) is 10.2 Å². The van der Waals surface area contributed by atoms with Crippen LogP contribution in [-0.2, 0) is 0 Å².